The van der Waals surface area contributed by atoms with Gasteiger partial charge in [-0.2, -0.15) is 0 Å². The van der Waals surface area contributed by atoms with E-state index in [4.69, 9.17) is 16.3 Å². The first-order valence-corrected chi connectivity index (χ1v) is 9.82. The fourth-order valence-corrected chi connectivity index (χ4v) is 3.95. The maximum absolute atomic E-state index is 12.6. The molecule has 0 aliphatic carbocycles. The Morgan fingerprint density at radius 3 is 2.61 bits per heavy atom. The Hall–Kier alpha value is -2.96. The molecule has 140 valence electrons. The lowest BCUT2D eigenvalue weighted by molar-refractivity contribution is -0.144. The number of fused-ring (bicyclic) bond motifs is 1. The van der Waals surface area contributed by atoms with Gasteiger partial charge >= 0.3 is 5.97 Å². The highest BCUT2D eigenvalue weighted by atomic mass is 35.5. The molecule has 0 atom stereocenters. The predicted octanol–water partition coefficient (Wildman–Crippen LogP) is 4.59. The van der Waals surface area contributed by atoms with Crippen molar-refractivity contribution >= 4 is 39.1 Å². The van der Waals surface area contributed by atoms with Gasteiger partial charge in [0.1, 0.15) is 17.3 Å². The number of halogens is 1. The summed E-state index contributed by atoms with van der Waals surface area (Å²) in [5.41, 5.74) is 2.37. The van der Waals surface area contributed by atoms with E-state index in [0.717, 1.165) is 16.7 Å². The molecule has 2 aromatic carbocycles. The normalized spacial score (nSPS) is 10.9. The fraction of sp³-hybridized carbons (Fsp3) is 0.0952. The number of thiophene rings is 1. The number of carbonyl (C=O) groups excluding carboxylic acids is 1. The molecule has 2 aromatic heterocycles. The second-order valence-electron chi connectivity index (χ2n) is 6.17. The molecule has 7 heteroatoms. The van der Waals surface area contributed by atoms with Gasteiger partial charge < -0.3 is 9.72 Å². The van der Waals surface area contributed by atoms with Crippen molar-refractivity contribution in [2.24, 2.45) is 0 Å². The van der Waals surface area contributed by atoms with Crippen LogP contribution in [0.4, 0.5) is 0 Å². The maximum atomic E-state index is 12.6. The second kappa shape index (κ2) is 7.96. The molecular weight excluding hydrogens is 396 g/mol. The summed E-state index contributed by atoms with van der Waals surface area (Å²) in [5, 5.41) is 3.07. The van der Waals surface area contributed by atoms with Crippen molar-refractivity contribution < 1.29 is 9.53 Å². The number of carbonyl (C=O) groups is 1. The van der Waals surface area contributed by atoms with E-state index in [0.29, 0.717) is 21.1 Å². The van der Waals surface area contributed by atoms with Crippen molar-refractivity contribution in [3.05, 3.63) is 86.7 Å². The number of benzene rings is 2. The summed E-state index contributed by atoms with van der Waals surface area (Å²) in [7, 11) is 0. The highest BCUT2D eigenvalue weighted by Crippen LogP contribution is 2.30. The number of hydrogen-bond acceptors (Lipinski definition) is 5. The zero-order chi connectivity index (χ0) is 19.5. The minimum Gasteiger partial charge on any atom is -0.457 e. The first-order valence-electron chi connectivity index (χ1n) is 8.56. The van der Waals surface area contributed by atoms with E-state index in [9.17, 15) is 9.59 Å². The van der Waals surface area contributed by atoms with Crippen LogP contribution in [0.2, 0.25) is 5.02 Å². The molecule has 5 nitrogen and oxygen atoms in total. The highest BCUT2D eigenvalue weighted by molar-refractivity contribution is 7.17. The molecule has 0 aliphatic heterocycles. The quantitative estimate of drug-likeness (QED) is 0.488. The monoisotopic (exact) mass is 410 g/mol. The standard InChI is InChI=1S/C21H15ClN2O3S/c22-15-8-6-13(7-9-15)10-18(25)27-11-17-23-20(26)19-16(12-28-21(19)24-17)14-4-2-1-3-5-14/h1-9,12H,10-11H2,(H,23,24,26). The maximum Gasteiger partial charge on any atom is 0.310 e. The van der Waals surface area contributed by atoms with Gasteiger partial charge in [-0.1, -0.05) is 54.1 Å². The summed E-state index contributed by atoms with van der Waals surface area (Å²) < 4.78 is 5.26. The van der Waals surface area contributed by atoms with Crippen LogP contribution in [0, 0.1) is 0 Å². The molecule has 0 bridgehead atoms. The van der Waals surface area contributed by atoms with E-state index in [1.165, 1.54) is 11.3 Å². The minimum atomic E-state index is -0.402. The van der Waals surface area contributed by atoms with Crippen LogP contribution >= 0.6 is 22.9 Å². The Morgan fingerprint density at radius 1 is 1.11 bits per heavy atom. The Balaban J connectivity index is 1.50. The molecule has 0 saturated carbocycles. The summed E-state index contributed by atoms with van der Waals surface area (Å²) in [6, 6.07) is 16.7. The Labute approximate surface area is 169 Å². The van der Waals surface area contributed by atoms with Crippen LogP contribution in [0.5, 0.6) is 0 Å². The average molecular weight is 411 g/mol. The van der Waals surface area contributed by atoms with Gasteiger partial charge in [-0.05, 0) is 23.3 Å². The smallest absolute Gasteiger partial charge is 0.310 e. The summed E-state index contributed by atoms with van der Waals surface area (Å²) >= 11 is 7.23. The van der Waals surface area contributed by atoms with Gasteiger partial charge in [0.25, 0.3) is 5.56 Å². The number of hydrogen-bond donors (Lipinski definition) is 1. The number of esters is 1. The molecule has 2 heterocycles. The lowest BCUT2D eigenvalue weighted by Gasteiger charge is -2.05. The first-order chi connectivity index (χ1) is 13.6. The van der Waals surface area contributed by atoms with Crippen molar-refractivity contribution in [3.8, 4) is 11.1 Å². The first kappa shape index (κ1) is 18.4. The van der Waals surface area contributed by atoms with Crippen molar-refractivity contribution in [3.63, 3.8) is 0 Å². The highest BCUT2D eigenvalue weighted by Gasteiger charge is 2.14. The summed E-state index contributed by atoms with van der Waals surface area (Å²) in [6.45, 7) is -0.0871. The summed E-state index contributed by atoms with van der Waals surface area (Å²) in [4.78, 5) is 32.4. The van der Waals surface area contributed by atoms with Crippen molar-refractivity contribution in [1.82, 2.24) is 9.97 Å². The third kappa shape index (κ3) is 3.98. The van der Waals surface area contributed by atoms with Gasteiger partial charge in [-0.3, -0.25) is 9.59 Å². The van der Waals surface area contributed by atoms with Gasteiger partial charge in [0.05, 0.1) is 11.8 Å². The molecule has 1 N–H and O–H groups in total. The zero-order valence-corrected chi connectivity index (χ0v) is 16.2. The zero-order valence-electron chi connectivity index (χ0n) is 14.6. The van der Waals surface area contributed by atoms with Crippen LogP contribution < -0.4 is 5.56 Å². The third-order valence-electron chi connectivity index (χ3n) is 4.21. The van der Waals surface area contributed by atoms with Crippen LogP contribution in [0.3, 0.4) is 0 Å². The summed E-state index contributed by atoms with van der Waals surface area (Å²) in [6.07, 6.45) is 0.126. The van der Waals surface area contributed by atoms with Crippen LogP contribution in [-0.2, 0) is 22.6 Å². The number of H-pyrrole nitrogens is 1. The molecule has 0 spiro atoms. The van der Waals surface area contributed by atoms with Crippen molar-refractivity contribution in [2.75, 3.05) is 0 Å². The van der Waals surface area contributed by atoms with E-state index in [1.807, 2.05) is 35.7 Å². The molecule has 28 heavy (non-hydrogen) atoms. The SMILES string of the molecule is O=C(Cc1ccc(Cl)cc1)OCc1nc2scc(-c3ccccc3)c2c(=O)[nH]1. The van der Waals surface area contributed by atoms with E-state index < -0.39 is 5.97 Å². The van der Waals surface area contributed by atoms with Crippen molar-refractivity contribution in [1.29, 1.82) is 0 Å². The van der Waals surface area contributed by atoms with Gasteiger partial charge in [0.2, 0.25) is 0 Å². The van der Waals surface area contributed by atoms with Crippen molar-refractivity contribution in [2.45, 2.75) is 13.0 Å². The van der Waals surface area contributed by atoms with E-state index in [-0.39, 0.29) is 18.6 Å². The lowest BCUT2D eigenvalue weighted by atomic mass is 10.1. The lowest BCUT2D eigenvalue weighted by Crippen LogP contribution is -2.15. The van der Waals surface area contributed by atoms with Crippen LogP contribution in [-0.4, -0.2) is 15.9 Å². The van der Waals surface area contributed by atoms with Crippen LogP contribution in [0.1, 0.15) is 11.4 Å². The Kier molecular flexibility index (Phi) is 5.23. The van der Waals surface area contributed by atoms with Gasteiger partial charge in [-0.15, -0.1) is 11.3 Å². The van der Waals surface area contributed by atoms with E-state index in [2.05, 4.69) is 9.97 Å². The van der Waals surface area contributed by atoms with E-state index >= 15 is 0 Å². The third-order valence-corrected chi connectivity index (χ3v) is 5.33. The topological polar surface area (TPSA) is 72.0 Å². The number of nitrogens with one attached hydrogen (secondary N) is 1. The molecule has 0 saturated heterocycles. The van der Waals surface area contributed by atoms with Gasteiger partial charge in [0, 0.05) is 16.0 Å². The van der Waals surface area contributed by atoms with Gasteiger partial charge in [0.15, 0.2) is 0 Å². The predicted molar refractivity (Wildman–Crippen MR) is 111 cm³/mol. The van der Waals surface area contributed by atoms with Crippen LogP contribution in [0.25, 0.3) is 21.3 Å². The molecule has 0 fully saturated rings. The fourth-order valence-electron chi connectivity index (χ4n) is 2.86. The molecular formula is C21H15ClN2O3S. The number of rotatable bonds is 5. The summed E-state index contributed by atoms with van der Waals surface area (Å²) in [5.74, 6) is -0.0790. The molecule has 0 aliphatic rings. The minimum absolute atomic E-state index is 0.0871. The van der Waals surface area contributed by atoms with Gasteiger partial charge in [-0.25, -0.2) is 4.98 Å². The largest absolute Gasteiger partial charge is 0.457 e. The molecule has 0 unspecified atom stereocenters. The molecule has 4 aromatic rings. The van der Waals surface area contributed by atoms with Crippen LogP contribution in [0.15, 0.2) is 64.8 Å². The molecule has 4 rings (SSSR count). The Bertz CT molecular complexity index is 1180. The number of nitrogens with zero attached hydrogens (tertiary/aromatic N) is 1. The molecule has 0 radical (unpaired) electrons. The average Bonchev–Trinajstić information content (AvgIpc) is 3.13. The number of aromatic amines is 1. The second-order valence-corrected chi connectivity index (χ2v) is 7.47. The van der Waals surface area contributed by atoms with E-state index in [1.54, 1.807) is 24.3 Å². The number of aromatic nitrogens is 2. The number of ether oxygens (including phenoxy) is 1. The Morgan fingerprint density at radius 2 is 1.86 bits per heavy atom. The molecule has 0 amide bonds.